The van der Waals surface area contributed by atoms with E-state index in [-0.39, 0.29) is 11.5 Å². The van der Waals surface area contributed by atoms with Crippen molar-refractivity contribution < 1.29 is 10.2 Å². The molecule has 0 unspecified atom stereocenters. The van der Waals surface area contributed by atoms with Gasteiger partial charge in [-0.15, -0.1) is 6.58 Å². The van der Waals surface area contributed by atoms with Gasteiger partial charge >= 0.3 is 0 Å². The van der Waals surface area contributed by atoms with Crippen LogP contribution in [0.2, 0.25) is 0 Å². The van der Waals surface area contributed by atoms with Crippen molar-refractivity contribution in [2.75, 3.05) is 0 Å². The van der Waals surface area contributed by atoms with Crippen molar-refractivity contribution in [3.05, 3.63) is 36.3 Å². The second-order valence-corrected chi connectivity index (χ2v) is 2.16. The van der Waals surface area contributed by atoms with E-state index in [1.165, 1.54) is 0 Å². The van der Waals surface area contributed by atoms with Crippen molar-refractivity contribution in [3.63, 3.8) is 0 Å². The van der Waals surface area contributed by atoms with E-state index >= 15 is 0 Å². The van der Waals surface area contributed by atoms with E-state index in [2.05, 4.69) is 6.58 Å². The minimum Gasteiger partial charge on any atom is -0.508 e. The van der Waals surface area contributed by atoms with Crippen molar-refractivity contribution in [1.29, 1.82) is 0 Å². The number of allylic oxidation sites excluding steroid dienone is 3. The molecule has 0 spiro atoms. The molecule has 2 N–H and O–H groups in total. The Kier molecular flexibility index (Phi) is 4.99. The van der Waals surface area contributed by atoms with Crippen LogP contribution < -0.4 is 0 Å². The lowest BCUT2D eigenvalue weighted by molar-refractivity contribution is 0.313. The third-order valence-corrected chi connectivity index (χ3v) is 1.22. The molecular weight excluding hydrogens is 140 g/mol. The Labute approximate surface area is 67.2 Å². The van der Waals surface area contributed by atoms with Crippen LogP contribution in [-0.4, -0.2) is 10.2 Å². The van der Waals surface area contributed by atoms with Crippen LogP contribution in [-0.2, 0) is 0 Å². The predicted octanol–water partition coefficient (Wildman–Crippen LogP) is 2.86. The lowest BCUT2D eigenvalue weighted by Crippen LogP contribution is -1.87. The highest BCUT2D eigenvalue weighted by Crippen LogP contribution is 2.07. The van der Waals surface area contributed by atoms with E-state index in [1.807, 2.05) is 13.0 Å². The molecule has 0 saturated carbocycles. The largest absolute Gasteiger partial charge is 0.508 e. The number of hydrogen-bond donors (Lipinski definition) is 2. The average molecular weight is 154 g/mol. The first kappa shape index (κ1) is 9.82. The second-order valence-electron chi connectivity index (χ2n) is 2.16. The van der Waals surface area contributed by atoms with Gasteiger partial charge in [0.1, 0.15) is 11.5 Å². The van der Waals surface area contributed by atoms with Gasteiger partial charge in [-0.2, -0.15) is 0 Å². The maximum Gasteiger partial charge on any atom is 0.134 e. The Hall–Kier alpha value is -1.18. The monoisotopic (exact) mass is 154 g/mol. The van der Waals surface area contributed by atoms with Crippen molar-refractivity contribution in [2.24, 2.45) is 0 Å². The Bertz CT molecular complexity index is 178. The number of rotatable bonds is 4. The molecule has 2 nitrogen and oxygen atoms in total. The molecule has 0 atom stereocenters. The van der Waals surface area contributed by atoms with E-state index in [1.54, 1.807) is 12.2 Å². The summed E-state index contributed by atoms with van der Waals surface area (Å²) in [5.41, 5.74) is 0. The molecule has 0 fully saturated rings. The van der Waals surface area contributed by atoms with E-state index in [4.69, 9.17) is 10.2 Å². The first-order valence-corrected chi connectivity index (χ1v) is 3.54. The molecule has 0 aromatic carbocycles. The summed E-state index contributed by atoms with van der Waals surface area (Å²) >= 11 is 0. The van der Waals surface area contributed by atoms with Crippen LogP contribution >= 0.6 is 0 Å². The van der Waals surface area contributed by atoms with E-state index in [0.29, 0.717) is 12.8 Å². The lowest BCUT2D eigenvalue weighted by Gasteiger charge is -1.98. The third kappa shape index (κ3) is 4.25. The maximum absolute atomic E-state index is 9.11. The molecular formula is C9H14O2. The molecule has 0 heterocycles. The molecule has 0 bridgehead atoms. The third-order valence-electron chi connectivity index (χ3n) is 1.22. The highest BCUT2D eigenvalue weighted by Gasteiger charge is 1.97. The molecule has 0 aliphatic rings. The smallest absolute Gasteiger partial charge is 0.134 e. The fourth-order valence-corrected chi connectivity index (χ4v) is 0.602. The standard InChI is InChI=1S/C9H14O2/c1-3-5-7-9(11)8(10)6-4-2/h3-5,10-11H,2,6-7H2,1H3. The zero-order valence-electron chi connectivity index (χ0n) is 6.75. The molecule has 0 aromatic rings. The van der Waals surface area contributed by atoms with E-state index in [9.17, 15) is 0 Å². The summed E-state index contributed by atoms with van der Waals surface area (Å²) in [6, 6.07) is 0. The minimum atomic E-state index is -0.00176. The summed E-state index contributed by atoms with van der Waals surface area (Å²) in [6.07, 6.45) is 5.84. The molecule has 11 heavy (non-hydrogen) atoms. The molecule has 2 heteroatoms. The quantitative estimate of drug-likeness (QED) is 0.483. The zero-order chi connectivity index (χ0) is 8.69. The van der Waals surface area contributed by atoms with Crippen LogP contribution in [0.5, 0.6) is 0 Å². The molecule has 0 amide bonds. The SMILES string of the molecule is C=CCC(O)=C(O)CC=CC. The highest BCUT2D eigenvalue weighted by atomic mass is 16.3. The first-order chi connectivity index (χ1) is 5.22. The predicted molar refractivity (Wildman–Crippen MR) is 46.5 cm³/mol. The van der Waals surface area contributed by atoms with Crippen LogP contribution in [0.25, 0.3) is 0 Å². The minimum absolute atomic E-state index is 0.00176. The molecule has 0 aliphatic carbocycles. The first-order valence-electron chi connectivity index (χ1n) is 3.54. The molecule has 0 rings (SSSR count). The van der Waals surface area contributed by atoms with Gasteiger partial charge in [-0.25, -0.2) is 0 Å². The van der Waals surface area contributed by atoms with Crippen LogP contribution in [0, 0.1) is 0 Å². The van der Waals surface area contributed by atoms with Gasteiger partial charge in [-0.05, 0) is 6.92 Å². The van der Waals surface area contributed by atoms with Crippen molar-refractivity contribution in [1.82, 2.24) is 0 Å². The van der Waals surface area contributed by atoms with Gasteiger partial charge < -0.3 is 10.2 Å². The van der Waals surface area contributed by atoms with Crippen LogP contribution in [0.3, 0.4) is 0 Å². The molecule has 0 radical (unpaired) electrons. The van der Waals surface area contributed by atoms with Gasteiger partial charge in [0.15, 0.2) is 0 Å². The number of aliphatic hydroxyl groups excluding tert-OH is 2. The summed E-state index contributed by atoms with van der Waals surface area (Å²) in [7, 11) is 0. The van der Waals surface area contributed by atoms with Crippen LogP contribution in [0.1, 0.15) is 19.8 Å². The molecule has 62 valence electrons. The summed E-state index contributed by atoms with van der Waals surface area (Å²) < 4.78 is 0. The molecule has 0 aliphatic heterocycles. The Balaban J connectivity index is 4.03. The fraction of sp³-hybridized carbons (Fsp3) is 0.333. The molecule has 0 saturated heterocycles. The molecule has 0 aromatic heterocycles. The van der Waals surface area contributed by atoms with E-state index < -0.39 is 0 Å². The van der Waals surface area contributed by atoms with Gasteiger partial charge in [0, 0.05) is 12.8 Å². The van der Waals surface area contributed by atoms with Crippen molar-refractivity contribution in [3.8, 4) is 0 Å². The average Bonchev–Trinajstić information content (AvgIpc) is 2.00. The van der Waals surface area contributed by atoms with E-state index in [0.717, 1.165) is 0 Å². The topological polar surface area (TPSA) is 40.5 Å². The summed E-state index contributed by atoms with van der Waals surface area (Å²) in [4.78, 5) is 0. The number of aliphatic hydroxyl groups is 2. The van der Waals surface area contributed by atoms with Crippen LogP contribution in [0.4, 0.5) is 0 Å². The maximum atomic E-state index is 9.11. The van der Waals surface area contributed by atoms with Gasteiger partial charge in [-0.1, -0.05) is 18.2 Å². The normalized spacial score (nSPS) is 13.2. The highest BCUT2D eigenvalue weighted by molar-refractivity contribution is 5.06. The summed E-state index contributed by atoms with van der Waals surface area (Å²) in [6.45, 7) is 5.30. The van der Waals surface area contributed by atoms with Crippen molar-refractivity contribution >= 4 is 0 Å². The van der Waals surface area contributed by atoms with Crippen LogP contribution in [0.15, 0.2) is 36.3 Å². The zero-order valence-corrected chi connectivity index (χ0v) is 6.75. The van der Waals surface area contributed by atoms with Gasteiger partial charge in [-0.3, -0.25) is 0 Å². The second kappa shape index (κ2) is 5.59. The Morgan fingerprint density at radius 2 is 1.82 bits per heavy atom. The summed E-state index contributed by atoms with van der Waals surface area (Å²) in [5.74, 6) is 0.0149. The Morgan fingerprint density at radius 1 is 1.27 bits per heavy atom. The van der Waals surface area contributed by atoms with Crippen molar-refractivity contribution in [2.45, 2.75) is 19.8 Å². The van der Waals surface area contributed by atoms with Gasteiger partial charge in [0.25, 0.3) is 0 Å². The summed E-state index contributed by atoms with van der Waals surface area (Å²) in [5, 5.41) is 18.2. The van der Waals surface area contributed by atoms with Gasteiger partial charge in [0.05, 0.1) is 0 Å². The fourth-order valence-electron chi connectivity index (χ4n) is 0.602. The lowest BCUT2D eigenvalue weighted by atomic mass is 10.2. The number of hydrogen-bond acceptors (Lipinski definition) is 2. The van der Waals surface area contributed by atoms with Gasteiger partial charge in [0.2, 0.25) is 0 Å². The Morgan fingerprint density at radius 3 is 2.27 bits per heavy atom.